The van der Waals surface area contributed by atoms with Crippen LogP contribution in [0.5, 0.6) is 0 Å². The highest BCUT2D eigenvalue weighted by Gasteiger charge is 2.18. The molecule has 0 saturated carbocycles. The molecule has 0 aliphatic carbocycles. The van der Waals surface area contributed by atoms with E-state index in [4.69, 9.17) is 16.9 Å². The third-order valence-corrected chi connectivity index (χ3v) is 5.26. The van der Waals surface area contributed by atoms with Gasteiger partial charge in [-0.15, -0.1) is 22.7 Å². The molecular formula is C14H7ClN2OS2. The van der Waals surface area contributed by atoms with Crippen LogP contribution in [0.3, 0.4) is 0 Å². The molecule has 2 heterocycles. The number of hydrogen-bond donors (Lipinski definition) is 1. The first kappa shape index (κ1) is 13.1. The maximum absolute atomic E-state index is 12.3. The monoisotopic (exact) mass is 318 g/mol. The number of nitrogens with one attached hydrogen (secondary N) is 1. The summed E-state index contributed by atoms with van der Waals surface area (Å²) in [7, 11) is 0. The average Bonchev–Trinajstić information content (AvgIpc) is 3.04. The van der Waals surface area contributed by atoms with Gasteiger partial charge < -0.3 is 5.32 Å². The van der Waals surface area contributed by atoms with Gasteiger partial charge in [-0.1, -0.05) is 29.8 Å². The molecule has 3 nitrogen and oxygen atoms in total. The van der Waals surface area contributed by atoms with Crippen molar-refractivity contribution in [1.82, 2.24) is 0 Å². The van der Waals surface area contributed by atoms with Crippen molar-refractivity contribution in [3.8, 4) is 6.07 Å². The topological polar surface area (TPSA) is 52.9 Å². The molecule has 3 aromatic rings. The fourth-order valence-corrected chi connectivity index (χ4v) is 3.96. The molecule has 0 radical (unpaired) electrons. The van der Waals surface area contributed by atoms with Gasteiger partial charge in [0.15, 0.2) is 0 Å². The Morgan fingerprint density at radius 2 is 2.10 bits per heavy atom. The van der Waals surface area contributed by atoms with Crippen LogP contribution in [0.2, 0.25) is 5.02 Å². The summed E-state index contributed by atoms with van der Waals surface area (Å²) in [5, 5.41) is 15.3. The second-order valence-corrected chi connectivity index (χ2v) is 6.32. The zero-order valence-electron chi connectivity index (χ0n) is 10.0. The second kappa shape index (κ2) is 5.25. The van der Waals surface area contributed by atoms with Gasteiger partial charge in [0.1, 0.15) is 15.9 Å². The highest BCUT2D eigenvalue weighted by atomic mass is 35.5. The summed E-state index contributed by atoms with van der Waals surface area (Å²) in [5.74, 6) is -0.282. The van der Waals surface area contributed by atoms with Gasteiger partial charge in [0, 0.05) is 10.1 Å². The van der Waals surface area contributed by atoms with Gasteiger partial charge in [-0.05, 0) is 17.5 Å². The standard InChI is InChI=1S/C14H7ClN2OS2/c15-11-9-3-1-2-4-10(9)20-12(11)13(18)17-14-8(7-16)5-6-19-14/h1-6H,(H,17,18). The third-order valence-electron chi connectivity index (χ3n) is 2.75. The first-order valence-electron chi connectivity index (χ1n) is 5.66. The van der Waals surface area contributed by atoms with Crippen molar-refractivity contribution >= 4 is 55.3 Å². The largest absolute Gasteiger partial charge is 0.312 e. The van der Waals surface area contributed by atoms with Gasteiger partial charge in [0.2, 0.25) is 0 Å². The summed E-state index contributed by atoms with van der Waals surface area (Å²) in [5.41, 5.74) is 0.459. The summed E-state index contributed by atoms with van der Waals surface area (Å²) >= 11 is 8.92. The van der Waals surface area contributed by atoms with E-state index in [1.807, 2.05) is 30.3 Å². The van der Waals surface area contributed by atoms with Crippen molar-refractivity contribution in [1.29, 1.82) is 5.26 Å². The van der Waals surface area contributed by atoms with Crippen molar-refractivity contribution in [3.63, 3.8) is 0 Å². The first-order valence-corrected chi connectivity index (χ1v) is 7.74. The number of rotatable bonds is 2. The molecule has 6 heteroatoms. The molecule has 1 amide bonds. The third kappa shape index (κ3) is 2.18. The molecule has 0 aliphatic rings. The van der Waals surface area contributed by atoms with E-state index in [9.17, 15) is 4.79 Å². The van der Waals surface area contributed by atoms with E-state index in [-0.39, 0.29) is 5.91 Å². The Hall–Kier alpha value is -1.87. The van der Waals surface area contributed by atoms with Crippen LogP contribution in [0.15, 0.2) is 35.7 Å². The van der Waals surface area contributed by atoms with Crippen LogP contribution in [0.4, 0.5) is 5.00 Å². The molecule has 0 aliphatic heterocycles. The van der Waals surface area contributed by atoms with E-state index in [1.165, 1.54) is 22.7 Å². The van der Waals surface area contributed by atoms with Crippen molar-refractivity contribution in [2.24, 2.45) is 0 Å². The molecular weight excluding hydrogens is 312 g/mol. The Morgan fingerprint density at radius 1 is 1.30 bits per heavy atom. The fraction of sp³-hybridized carbons (Fsp3) is 0. The number of amides is 1. The lowest BCUT2D eigenvalue weighted by Crippen LogP contribution is -2.10. The maximum atomic E-state index is 12.3. The highest BCUT2D eigenvalue weighted by molar-refractivity contribution is 7.22. The molecule has 98 valence electrons. The lowest BCUT2D eigenvalue weighted by atomic mass is 10.2. The van der Waals surface area contributed by atoms with Crippen LogP contribution in [0.25, 0.3) is 10.1 Å². The minimum Gasteiger partial charge on any atom is -0.312 e. The van der Waals surface area contributed by atoms with Crippen LogP contribution < -0.4 is 5.32 Å². The number of halogens is 1. The van der Waals surface area contributed by atoms with Crippen molar-refractivity contribution in [2.75, 3.05) is 5.32 Å². The van der Waals surface area contributed by atoms with Crippen LogP contribution >= 0.6 is 34.3 Å². The zero-order chi connectivity index (χ0) is 14.1. The van der Waals surface area contributed by atoms with Crippen LogP contribution in [0, 0.1) is 11.3 Å². The normalized spacial score (nSPS) is 10.4. The number of nitrogens with zero attached hydrogens (tertiary/aromatic N) is 1. The molecule has 1 aromatic carbocycles. The lowest BCUT2D eigenvalue weighted by Gasteiger charge is -2.01. The molecule has 0 unspecified atom stereocenters. The fourth-order valence-electron chi connectivity index (χ4n) is 1.81. The summed E-state index contributed by atoms with van der Waals surface area (Å²) in [4.78, 5) is 12.7. The molecule has 0 bridgehead atoms. The van der Waals surface area contributed by atoms with E-state index in [1.54, 1.807) is 11.4 Å². The minimum atomic E-state index is -0.282. The zero-order valence-corrected chi connectivity index (χ0v) is 12.4. The number of hydrogen-bond acceptors (Lipinski definition) is 4. The Labute approximate surface area is 128 Å². The average molecular weight is 319 g/mol. The predicted octanol–water partition coefficient (Wildman–Crippen LogP) is 4.74. The number of carbonyl (C=O) groups is 1. The van der Waals surface area contributed by atoms with Gasteiger partial charge in [-0.25, -0.2) is 0 Å². The molecule has 20 heavy (non-hydrogen) atoms. The number of nitriles is 1. The lowest BCUT2D eigenvalue weighted by molar-refractivity contribution is 0.103. The number of thiophene rings is 2. The maximum Gasteiger partial charge on any atom is 0.267 e. The Balaban J connectivity index is 1.97. The smallest absolute Gasteiger partial charge is 0.267 e. The quantitative estimate of drug-likeness (QED) is 0.742. The summed E-state index contributed by atoms with van der Waals surface area (Å²) < 4.78 is 0.967. The first-order chi connectivity index (χ1) is 9.70. The Bertz CT molecular complexity index is 844. The number of carbonyl (C=O) groups excluding carboxylic acids is 1. The van der Waals surface area contributed by atoms with Crippen molar-refractivity contribution in [2.45, 2.75) is 0 Å². The Morgan fingerprint density at radius 3 is 2.85 bits per heavy atom. The van der Waals surface area contributed by atoms with E-state index >= 15 is 0 Å². The predicted molar refractivity (Wildman–Crippen MR) is 83.8 cm³/mol. The highest BCUT2D eigenvalue weighted by Crippen LogP contribution is 2.36. The summed E-state index contributed by atoms with van der Waals surface area (Å²) in [6.45, 7) is 0. The molecule has 0 saturated heterocycles. The van der Waals surface area contributed by atoms with Crippen LogP contribution in [0.1, 0.15) is 15.2 Å². The van der Waals surface area contributed by atoms with Crippen LogP contribution in [-0.2, 0) is 0 Å². The molecule has 3 rings (SSSR count). The summed E-state index contributed by atoms with van der Waals surface area (Å²) in [6, 6.07) is 11.3. The van der Waals surface area contributed by atoms with E-state index in [2.05, 4.69) is 5.32 Å². The molecule has 0 atom stereocenters. The van der Waals surface area contributed by atoms with E-state index in [0.717, 1.165) is 10.1 Å². The molecule has 2 aromatic heterocycles. The molecule has 0 fully saturated rings. The second-order valence-electron chi connectivity index (χ2n) is 3.97. The van der Waals surface area contributed by atoms with Crippen molar-refractivity contribution in [3.05, 3.63) is 51.2 Å². The number of fused-ring (bicyclic) bond motifs is 1. The Kier molecular flexibility index (Phi) is 3.45. The molecule has 0 spiro atoms. The van der Waals surface area contributed by atoms with Gasteiger partial charge in [-0.3, -0.25) is 4.79 Å². The SMILES string of the molecule is N#Cc1ccsc1NC(=O)c1sc2ccccc2c1Cl. The van der Waals surface area contributed by atoms with Gasteiger partial charge in [-0.2, -0.15) is 5.26 Å². The summed E-state index contributed by atoms with van der Waals surface area (Å²) in [6.07, 6.45) is 0. The number of anilines is 1. The van der Waals surface area contributed by atoms with E-state index < -0.39 is 0 Å². The van der Waals surface area contributed by atoms with Crippen molar-refractivity contribution < 1.29 is 4.79 Å². The van der Waals surface area contributed by atoms with Gasteiger partial charge in [0.05, 0.1) is 10.6 Å². The minimum absolute atomic E-state index is 0.282. The van der Waals surface area contributed by atoms with Gasteiger partial charge in [0.25, 0.3) is 5.91 Å². The number of benzene rings is 1. The van der Waals surface area contributed by atoms with E-state index in [0.29, 0.717) is 20.5 Å². The van der Waals surface area contributed by atoms with Crippen LogP contribution in [-0.4, -0.2) is 5.91 Å². The molecule has 1 N–H and O–H groups in total. The van der Waals surface area contributed by atoms with Gasteiger partial charge >= 0.3 is 0 Å².